The molecule has 0 aliphatic carbocycles. The molecule has 0 aromatic carbocycles. The van der Waals surface area contributed by atoms with Gasteiger partial charge in [-0.25, -0.2) is 9.78 Å². The third kappa shape index (κ3) is 4.40. The molecule has 0 aliphatic rings. The second-order valence-electron chi connectivity index (χ2n) is 4.78. The molecule has 0 spiro atoms. The minimum Gasteiger partial charge on any atom is -0.478 e. The molecule has 0 fully saturated rings. The molecule has 1 aromatic heterocycles. The zero-order valence-corrected chi connectivity index (χ0v) is 11.7. The van der Waals surface area contributed by atoms with Crippen molar-refractivity contribution in [1.82, 2.24) is 9.88 Å². The van der Waals surface area contributed by atoms with Gasteiger partial charge < -0.3 is 21.1 Å². The van der Waals surface area contributed by atoms with E-state index in [4.69, 9.17) is 10.8 Å². The zero-order valence-electron chi connectivity index (χ0n) is 11.7. The summed E-state index contributed by atoms with van der Waals surface area (Å²) >= 11 is 0. The summed E-state index contributed by atoms with van der Waals surface area (Å²) in [5.41, 5.74) is 6.03. The highest BCUT2D eigenvalue weighted by Crippen LogP contribution is 2.19. The third-order valence-corrected chi connectivity index (χ3v) is 3.08. The lowest BCUT2D eigenvalue weighted by molar-refractivity contribution is 0.0698. The number of nitrogens with one attached hydrogen (secondary N) is 1. The predicted octanol–water partition coefficient (Wildman–Crippen LogP) is 1.50. The molecule has 0 atom stereocenters. The number of pyridine rings is 1. The summed E-state index contributed by atoms with van der Waals surface area (Å²) in [6, 6.07) is 1.91. The molecule has 19 heavy (non-hydrogen) atoms. The molecule has 0 saturated heterocycles. The number of hydrogen-bond donors (Lipinski definition) is 3. The van der Waals surface area contributed by atoms with Crippen LogP contribution in [0.4, 0.5) is 11.5 Å². The number of rotatable bonds is 7. The SMILES string of the molecule is CC(C)N(C)CCCNc1nccc(C(=O)O)c1N. The van der Waals surface area contributed by atoms with Crippen LogP contribution in [-0.4, -0.2) is 47.1 Å². The standard InChI is InChI=1S/C13H22N4O2/c1-9(2)17(3)8-4-6-15-12-11(14)10(13(18)19)5-7-16-12/h5,7,9H,4,6,8,14H2,1-3H3,(H,15,16)(H,18,19). The van der Waals surface area contributed by atoms with Crippen LogP contribution in [0.25, 0.3) is 0 Å². The molecule has 1 heterocycles. The molecule has 6 nitrogen and oxygen atoms in total. The Balaban J connectivity index is 2.50. The molecule has 4 N–H and O–H groups in total. The molecule has 1 aromatic rings. The maximum atomic E-state index is 10.9. The van der Waals surface area contributed by atoms with E-state index >= 15 is 0 Å². The number of nitrogens with zero attached hydrogens (tertiary/aromatic N) is 2. The summed E-state index contributed by atoms with van der Waals surface area (Å²) in [5.74, 6) is -0.602. The van der Waals surface area contributed by atoms with Crippen LogP contribution >= 0.6 is 0 Å². The zero-order chi connectivity index (χ0) is 14.4. The minimum absolute atomic E-state index is 0.0804. The van der Waals surface area contributed by atoms with Gasteiger partial charge in [-0.15, -0.1) is 0 Å². The fraction of sp³-hybridized carbons (Fsp3) is 0.538. The lowest BCUT2D eigenvalue weighted by atomic mass is 10.2. The van der Waals surface area contributed by atoms with Crippen LogP contribution in [0.15, 0.2) is 12.3 Å². The average Bonchev–Trinajstić information content (AvgIpc) is 2.35. The van der Waals surface area contributed by atoms with E-state index in [1.165, 1.54) is 12.3 Å². The molecule has 0 saturated carbocycles. The second kappa shape index (κ2) is 6.94. The first kappa shape index (κ1) is 15.2. The van der Waals surface area contributed by atoms with Crippen molar-refractivity contribution < 1.29 is 9.90 Å². The van der Waals surface area contributed by atoms with Crippen molar-refractivity contribution in [2.75, 3.05) is 31.2 Å². The number of nitrogen functional groups attached to an aromatic ring is 1. The Labute approximate surface area is 113 Å². The van der Waals surface area contributed by atoms with Gasteiger partial charge in [0.05, 0.1) is 11.3 Å². The molecule has 1 rings (SSSR count). The molecule has 106 valence electrons. The maximum absolute atomic E-state index is 10.9. The van der Waals surface area contributed by atoms with Gasteiger partial charge in [-0.3, -0.25) is 0 Å². The van der Waals surface area contributed by atoms with Crippen molar-refractivity contribution in [2.45, 2.75) is 26.3 Å². The van der Waals surface area contributed by atoms with Gasteiger partial charge in [0.1, 0.15) is 5.82 Å². The van der Waals surface area contributed by atoms with Crippen LogP contribution < -0.4 is 11.1 Å². The van der Waals surface area contributed by atoms with Crippen LogP contribution in [0.2, 0.25) is 0 Å². The quantitative estimate of drug-likeness (QED) is 0.648. The Kier molecular flexibility index (Phi) is 5.57. The van der Waals surface area contributed by atoms with Gasteiger partial charge >= 0.3 is 5.97 Å². The van der Waals surface area contributed by atoms with Gasteiger partial charge in [0.15, 0.2) is 0 Å². The lowest BCUT2D eigenvalue weighted by Gasteiger charge is -2.20. The highest BCUT2D eigenvalue weighted by Gasteiger charge is 2.11. The van der Waals surface area contributed by atoms with Crippen molar-refractivity contribution >= 4 is 17.5 Å². The first-order valence-electron chi connectivity index (χ1n) is 6.35. The van der Waals surface area contributed by atoms with Crippen LogP contribution in [-0.2, 0) is 0 Å². The summed E-state index contributed by atoms with van der Waals surface area (Å²) in [6.07, 6.45) is 2.38. The second-order valence-corrected chi connectivity index (χ2v) is 4.78. The predicted molar refractivity (Wildman–Crippen MR) is 76.5 cm³/mol. The first-order chi connectivity index (χ1) is 8.93. The van der Waals surface area contributed by atoms with Crippen LogP contribution in [0, 0.1) is 0 Å². The Hall–Kier alpha value is -1.82. The van der Waals surface area contributed by atoms with Crippen LogP contribution in [0.3, 0.4) is 0 Å². The smallest absolute Gasteiger partial charge is 0.337 e. The molecular weight excluding hydrogens is 244 g/mol. The summed E-state index contributed by atoms with van der Waals surface area (Å²) < 4.78 is 0. The van der Waals surface area contributed by atoms with Gasteiger partial charge in [0.2, 0.25) is 0 Å². The van der Waals surface area contributed by atoms with E-state index in [1.807, 2.05) is 0 Å². The Morgan fingerprint density at radius 1 is 1.58 bits per heavy atom. The molecule has 0 amide bonds. The lowest BCUT2D eigenvalue weighted by Crippen LogP contribution is -2.28. The highest BCUT2D eigenvalue weighted by atomic mass is 16.4. The number of carboxylic acids is 1. The minimum atomic E-state index is -1.04. The Morgan fingerprint density at radius 3 is 2.84 bits per heavy atom. The van der Waals surface area contributed by atoms with Crippen LogP contribution in [0.5, 0.6) is 0 Å². The van der Waals surface area contributed by atoms with Crippen molar-refractivity contribution in [1.29, 1.82) is 0 Å². The van der Waals surface area contributed by atoms with Crippen molar-refractivity contribution in [2.24, 2.45) is 0 Å². The number of nitrogens with two attached hydrogens (primary N) is 1. The molecule has 0 aliphatic heterocycles. The average molecular weight is 266 g/mol. The monoisotopic (exact) mass is 266 g/mol. The van der Waals surface area contributed by atoms with E-state index in [1.54, 1.807) is 0 Å². The topological polar surface area (TPSA) is 91.5 Å². The van der Waals surface area contributed by atoms with Gasteiger partial charge in [0.25, 0.3) is 0 Å². The molecule has 0 bridgehead atoms. The fourth-order valence-electron chi connectivity index (χ4n) is 1.59. The number of carboxylic acid groups (broad SMARTS) is 1. The molecule has 6 heteroatoms. The number of aromatic carboxylic acids is 1. The molecular formula is C13H22N4O2. The maximum Gasteiger partial charge on any atom is 0.337 e. The van der Waals surface area contributed by atoms with Gasteiger partial charge in [0, 0.05) is 18.8 Å². The Morgan fingerprint density at radius 2 is 2.26 bits per heavy atom. The molecule has 0 unspecified atom stereocenters. The fourth-order valence-corrected chi connectivity index (χ4v) is 1.59. The summed E-state index contributed by atoms with van der Waals surface area (Å²) in [6.45, 7) is 5.95. The molecule has 0 radical (unpaired) electrons. The number of anilines is 2. The number of carbonyl (C=O) groups is 1. The number of hydrogen-bond acceptors (Lipinski definition) is 5. The highest BCUT2D eigenvalue weighted by molar-refractivity contribution is 5.96. The number of aromatic nitrogens is 1. The van der Waals surface area contributed by atoms with E-state index in [0.29, 0.717) is 18.4 Å². The normalized spacial score (nSPS) is 11.0. The summed E-state index contributed by atoms with van der Waals surface area (Å²) in [5, 5.41) is 12.0. The van der Waals surface area contributed by atoms with Crippen molar-refractivity contribution in [3.05, 3.63) is 17.8 Å². The van der Waals surface area contributed by atoms with E-state index in [0.717, 1.165) is 13.0 Å². The summed E-state index contributed by atoms with van der Waals surface area (Å²) in [4.78, 5) is 17.2. The largest absolute Gasteiger partial charge is 0.478 e. The van der Waals surface area contributed by atoms with Crippen LogP contribution in [0.1, 0.15) is 30.6 Å². The van der Waals surface area contributed by atoms with Gasteiger partial charge in [-0.1, -0.05) is 0 Å². The van der Waals surface area contributed by atoms with Gasteiger partial charge in [-0.05, 0) is 39.9 Å². The van der Waals surface area contributed by atoms with Gasteiger partial charge in [-0.2, -0.15) is 0 Å². The van der Waals surface area contributed by atoms with E-state index in [-0.39, 0.29) is 11.3 Å². The van der Waals surface area contributed by atoms with E-state index in [9.17, 15) is 4.79 Å². The van der Waals surface area contributed by atoms with E-state index in [2.05, 4.69) is 36.1 Å². The Bertz CT molecular complexity index is 435. The first-order valence-corrected chi connectivity index (χ1v) is 6.35. The summed E-state index contributed by atoms with van der Waals surface area (Å²) in [7, 11) is 2.07. The van der Waals surface area contributed by atoms with Crippen molar-refractivity contribution in [3.8, 4) is 0 Å². The van der Waals surface area contributed by atoms with E-state index < -0.39 is 5.97 Å². The third-order valence-electron chi connectivity index (χ3n) is 3.08. The van der Waals surface area contributed by atoms with Crippen molar-refractivity contribution in [3.63, 3.8) is 0 Å².